The highest BCUT2D eigenvalue weighted by molar-refractivity contribution is 7.89. The molecule has 0 aromatic carbocycles. The molecule has 1 rings (SSSR count). The van der Waals surface area contributed by atoms with Gasteiger partial charge in [-0.3, -0.25) is 0 Å². The zero-order valence-corrected chi connectivity index (χ0v) is 11.9. The number of guanidine groups is 1. The van der Waals surface area contributed by atoms with Gasteiger partial charge in [0.2, 0.25) is 10.0 Å². The number of primary sulfonamides is 1. The van der Waals surface area contributed by atoms with Gasteiger partial charge in [-0.15, -0.1) is 0 Å². The maximum Gasteiger partial charge on any atom is 0.210 e. The monoisotopic (exact) mass is 290 g/mol. The van der Waals surface area contributed by atoms with Crippen molar-refractivity contribution in [1.82, 2.24) is 10.6 Å². The van der Waals surface area contributed by atoms with Crippen LogP contribution >= 0.6 is 11.3 Å². The van der Waals surface area contributed by atoms with E-state index in [1.807, 2.05) is 23.8 Å². The van der Waals surface area contributed by atoms with Gasteiger partial charge in [0, 0.05) is 13.1 Å². The van der Waals surface area contributed by atoms with E-state index in [4.69, 9.17) is 5.14 Å². The molecule has 0 atom stereocenters. The summed E-state index contributed by atoms with van der Waals surface area (Å²) in [5.41, 5.74) is 1.13. The number of nitrogens with zero attached hydrogens (tertiary/aromatic N) is 1. The predicted molar refractivity (Wildman–Crippen MR) is 75.1 cm³/mol. The van der Waals surface area contributed by atoms with E-state index in [0.29, 0.717) is 19.0 Å². The van der Waals surface area contributed by atoms with E-state index in [2.05, 4.69) is 15.6 Å². The third kappa shape index (κ3) is 6.58. The minimum Gasteiger partial charge on any atom is -0.357 e. The summed E-state index contributed by atoms with van der Waals surface area (Å²) in [5.74, 6) is 0.475. The van der Waals surface area contributed by atoms with Crippen molar-refractivity contribution in [3.63, 3.8) is 0 Å². The van der Waals surface area contributed by atoms with Gasteiger partial charge in [-0.2, -0.15) is 11.3 Å². The number of hydrogen-bond acceptors (Lipinski definition) is 4. The molecular weight excluding hydrogens is 272 g/mol. The fourth-order valence-corrected chi connectivity index (χ4v) is 2.25. The molecule has 0 fully saturated rings. The van der Waals surface area contributed by atoms with Gasteiger partial charge in [0.15, 0.2) is 5.96 Å². The minimum absolute atomic E-state index is 0.115. The second kappa shape index (κ2) is 7.34. The third-order valence-corrected chi connectivity index (χ3v) is 3.53. The molecule has 102 valence electrons. The van der Waals surface area contributed by atoms with Crippen LogP contribution in [0, 0.1) is 0 Å². The molecule has 0 saturated heterocycles. The SMILES string of the molecule is CCNC(=NCc1ccsc1)NCCS(N)(=O)=O. The largest absolute Gasteiger partial charge is 0.357 e. The fraction of sp³-hybridized carbons (Fsp3) is 0.500. The van der Waals surface area contributed by atoms with E-state index < -0.39 is 10.0 Å². The molecule has 6 nitrogen and oxygen atoms in total. The van der Waals surface area contributed by atoms with E-state index >= 15 is 0 Å². The molecule has 0 aliphatic heterocycles. The number of thiophene rings is 1. The Morgan fingerprint density at radius 1 is 1.50 bits per heavy atom. The standard InChI is InChI=1S/C10H18N4O2S2/c1-2-12-10(13-4-6-18(11,15)16)14-7-9-3-5-17-8-9/h3,5,8H,2,4,6-7H2,1H3,(H2,11,15,16)(H2,12,13,14). The van der Waals surface area contributed by atoms with E-state index in [0.717, 1.165) is 5.56 Å². The summed E-state index contributed by atoms with van der Waals surface area (Å²) in [6.07, 6.45) is 0. The molecule has 18 heavy (non-hydrogen) atoms. The van der Waals surface area contributed by atoms with Crippen LogP contribution < -0.4 is 15.8 Å². The zero-order chi connectivity index (χ0) is 13.4. The highest BCUT2D eigenvalue weighted by Gasteiger charge is 2.03. The first-order chi connectivity index (χ1) is 8.51. The zero-order valence-electron chi connectivity index (χ0n) is 10.2. The van der Waals surface area contributed by atoms with Crippen LogP contribution in [0.2, 0.25) is 0 Å². The van der Waals surface area contributed by atoms with E-state index in [1.54, 1.807) is 11.3 Å². The average molecular weight is 290 g/mol. The van der Waals surface area contributed by atoms with Crippen LogP contribution in [-0.2, 0) is 16.6 Å². The van der Waals surface area contributed by atoms with Gasteiger partial charge in [-0.05, 0) is 29.3 Å². The first-order valence-corrected chi connectivity index (χ1v) is 8.21. The Labute approximate surface area is 111 Å². The first-order valence-electron chi connectivity index (χ1n) is 5.55. The van der Waals surface area contributed by atoms with E-state index in [9.17, 15) is 8.42 Å². The van der Waals surface area contributed by atoms with Gasteiger partial charge < -0.3 is 10.6 Å². The lowest BCUT2D eigenvalue weighted by Crippen LogP contribution is -2.40. The number of aliphatic imine (C=N–C) groups is 1. The van der Waals surface area contributed by atoms with Crippen LogP contribution in [0.15, 0.2) is 21.8 Å². The van der Waals surface area contributed by atoms with Crippen molar-refractivity contribution in [1.29, 1.82) is 0 Å². The smallest absolute Gasteiger partial charge is 0.210 e. The van der Waals surface area contributed by atoms with Gasteiger partial charge in [0.1, 0.15) is 0 Å². The van der Waals surface area contributed by atoms with Gasteiger partial charge in [0.25, 0.3) is 0 Å². The first kappa shape index (κ1) is 14.9. The topological polar surface area (TPSA) is 96.6 Å². The fourth-order valence-electron chi connectivity index (χ4n) is 1.21. The van der Waals surface area contributed by atoms with Gasteiger partial charge in [-0.1, -0.05) is 0 Å². The van der Waals surface area contributed by atoms with Crippen molar-refractivity contribution in [2.24, 2.45) is 10.1 Å². The lowest BCUT2D eigenvalue weighted by molar-refractivity contribution is 0.596. The second-order valence-corrected chi connectivity index (χ2v) is 6.13. The molecule has 0 aliphatic rings. The van der Waals surface area contributed by atoms with Crippen molar-refractivity contribution in [2.75, 3.05) is 18.8 Å². The van der Waals surface area contributed by atoms with Gasteiger partial charge in [-0.25, -0.2) is 18.5 Å². The molecule has 0 amide bonds. The summed E-state index contributed by atoms with van der Waals surface area (Å²) >= 11 is 1.62. The highest BCUT2D eigenvalue weighted by Crippen LogP contribution is 2.06. The summed E-state index contributed by atoms with van der Waals surface area (Å²) in [7, 11) is -3.44. The molecule has 1 aromatic heterocycles. The number of sulfonamides is 1. The number of hydrogen-bond donors (Lipinski definition) is 3. The average Bonchev–Trinajstić information content (AvgIpc) is 2.77. The molecule has 0 spiro atoms. The summed E-state index contributed by atoms with van der Waals surface area (Å²) in [4.78, 5) is 4.34. The molecule has 0 bridgehead atoms. The Morgan fingerprint density at radius 2 is 2.28 bits per heavy atom. The van der Waals surface area contributed by atoms with Crippen LogP contribution in [-0.4, -0.2) is 33.2 Å². The number of nitrogens with one attached hydrogen (secondary N) is 2. The lowest BCUT2D eigenvalue weighted by atomic mass is 10.3. The summed E-state index contributed by atoms with van der Waals surface area (Å²) in [6, 6.07) is 2.00. The quantitative estimate of drug-likeness (QED) is 0.511. The molecule has 1 heterocycles. The molecule has 0 radical (unpaired) electrons. The second-order valence-electron chi connectivity index (χ2n) is 3.62. The predicted octanol–water partition coefficient (Wildman–Crippen LogP) is 0.0917. The summed E-state index contributed by atoms with van der Waals surface area (Å²) in [5, 5.41) is 14.9. The Bertz CT molecular complexity index is 468. The molecular formula is C10H18N4O2S2. The third-order valence-electron chi connectivity index (χ3n) is 2.02. The molecule has 0 aliphatic carbocycles. The Morgan fingerprint density at radius 3 is 2.83 bits per heavy atom. The van der Waals surface area contributed by atoms with Crippen LogP contribution in [0.3, 0.4) is 0 Å². The summed E-state index contributed by atoms with van der Waals surface area (Å²) in [6.45, 7) is 3.47. The van der Waals surface area contributed by atoms with E-state index in [-0.39, 0.29) is 12.3 Å². The Balaban J connectivity index is 2.46. The van der Waals surface area contributed by atoms with Crippen molar-refractivity contribution in [3.05, 3.63) is 22.4 Å². The van der Waals surface area contributed by atoms with Crippen molar-refractivity contribution >= 4 is 27.3 Å². The maximum absolute atomic E-state index is 10.8. The number of nitrogens with two attached hydrogens (primary N) is 1. The Kier molecular flexibility index (Phi) is 6.10. The van der Waals surface area contributed by atoms with Crippen LogP contribution in [0.25, 0.3) is 0 Å². The highest BCUT2D eigenvalue weighted by atomic mass is 32.2. The Hall–Kier alpha value is -1.12. The maximum atomic E-state index is 10.8. The molecule has 4 N–H and O–H groups in total. The van der Waals surface area contributed by atoms with Crippen LogP contribution in [0.4, 0.5) is 0 Å². The molecule has 8 heteroatoms. The number of rotatable bonds is 6. The summed E-state index contributed by atoms with van der Waals surface area (Å²) < 4.78 is 21.6. The minimum atomic E-state index is -3.44. The molecule has 0 saturated carbocycles. The lowest BCUT2D eigenvalue weighted by Gasteiger charge is -2.10. The van der Waals surface area contributed by atoms with Crippen LogP contribution in [0.5, 0.6) is 0 Å². The molecule has 0 unspecified atom stereocenters. The van der Waals surface area contributed by atoms with Gasteiger partial charge in [0.05, 0.1) is 12.3 Å². The van der Waals surface area contributed by atoms with E-state index in [1.165, 1.54) is 0 Å². The van der Waals surface area contributed by atoms with Crippen molar-refractivity contribution < 1.29 is 8.42 Å². The van der Waals surface area contributed by atoms with Crippen molar-refractivity contribution in [2.45, 2.75) is 13.5 Å². The van der Waals surface area contributed by atoms with Crippen molar-refractivity contribution in [3.8, 4) is 0 Å². The molecule has 1 aromatic rings. The normalized spacial score (nSPS) is 12.4. The van der Waals surface area contributed by atoms with Gasteiger partial charge >= 0.3 is 0 Å². The van der Waals surface area contributed by atoms with Crippen LogP contribution in [0.1, 0.15) is 12.5 Å².